The van der Waals surface area contributed by atoms with Crippen molar-refractivity contribution >= 4 is 22.4 Å². The highest BCUT2D eigenvalue weighted by atomic mass is 16.2. The fraction of sp³-hybridized carbons (Fsp3) is 0.400. The topological polar surface area (TPSA) is 76.5 Å². The van der Waals surface area contributed by atoms with Gasteiger partial charge in [0.1, 0.15) is 5.84 Å². The Morgan fingerprint density at radius 3 is 3.04 bits per heavy atom. The summed E-state index contributed by atoms with van der Waals surface area (Å²) in [5.41, 5.74) is 4.19. The number of nitrogens with zero attached hydrogens (tertiary/aromatic N) is 3. The number of amidine groups is 1. The molecule has 3 N–H and O–H groups in total. The SMILES string of the molecule is C=C(C1=CCN(CCCCO)CC1)C(=NC)Nc1ccc2[nH]ncc2c1. The van der Waals surface area contributed by atoms with E-state index in [1.54, 1.807) is 7.05 Å². The van der Waals surface area contributed by atoms with Crippen LogP contribution in [0.25, 0.3) is 10.9 Å². The molecule has 0 saturated carbocycles. The van der Waals surface area contributed by atoms with Gasteiger partial charge in [-0.3, -0.25) is 15.0 Å². The number of aliphatic imine (C=N–C) groups is 1. The summed E-state index contributed by atoms with van der Waals surface area (Å²) in [6.45, 7) is 7.53. The third-order valence-electron chi connectivity index (χ3n) is 4.78. The summed E-state index contributed by atoms with van der Waals surface area (Å²) in [4.78, 5) is 6.82. The Kier molecular flexibility index (Phi) is 6.20. The number of anilines is 1. The number of unbranched alkanes of at least 4 members (excludes halogenated alkanes) is 1. The third kappa shape index (κ3) is 4.39. The van der Waals surface area contributed by atoms with Crippen LogP contribution in [0.4, 0.5) is 5.69 Å². The average Bonchev–Trinajstić information content (AvgIpc) is 3.14. The highest BCUT2D eigenvalue weighted by molar-refractivity contribution is 6.10. The molecule has 26 heavy (non-hydrogen) atoms. The second kappa shape index (κ2) is 8.78. The van der Waals surface area contributed by atoms with Crippen molar-refractivity contribution in [3.8, 4) is 0 Å². The van der Waals surface area contributed by atoms with Crippen LogP contribution in [-0.2, 0) is 0 Å². The van der Waals surface area contributed by atoms with E-state index in [0.29, 0.717) is 0 Å². The summed E-state index contributed by atoms with van der Waals surface area (Å²) in [7, 11) is 1.79. The third-order valence-corrected chi connectivity index (χ3v) is 4.78. The van der Waals surface area contributed by atoms with Gasteiger partial charge in [0.05, 0.1) is 11.7 Å². The van der Waals surface area contributed by atoms with Gasteiger partial charge in [0, 0.05) is 43.4 Å². The van der Waals surface area contributed by atoms with Crippen LogP contribution in [0.5, 0.6) is 0 Å². The first-order valence-corrected chi connectivity index (χ1v) is 9.10. The molecule has 1 aromatic carbocycles. The molecule has 6 nitrogen and oxygen atoms in total. The summed E-state index contributed by atoms with van der Waals surface area (Å²) in [6.07, 6.45) is 6.95. The number of H-pyrrole nitrogens is 1. The van der Waals surface area contributed by atoms with Crippen molar-refractivity contribution in [2.75, 3.05) is 38.6 Å². The minimum atomic E-state index is 0.276. The number of aliphatic hydroxyl groups is 1. The molecule has 2 heterocycles. The molecule has 3 rings (SSSR count). The fourth-order valence-electron chi connectivity index (χ4n) is 3.21. The lowest BCUT2D eigenvalue weighted by molar-refractivity contribution is 0.251. The first-order valence-electron chi connectivity index (χ1n) is 9.10. The van der Waals surface area contributed by atoms with Gasteiger partial charge in [-0.2, -0.15) is 5.10 Å². The molecular weight excluding hydrogens is 326 g/mol. The van der Waals surface area contributed by atoms with E-state index in [0.717, 1.165) is 66.9 Å². The van der Waals surface area contributed by atoms with Gasteiger partial charge in [0.15, 0.2) is 0 Å². The Balaban J connectivity index is 1.62. The standard InChI is InChI=1S/C20H27N5O/c1-15(16-7-10-25(11-8-16)9-3-4-12-26)20(21-2)23-18-5-6-19-17(13-18)14-22-24-19/h5-7,13-14,26H,1,3-4,8-12H2,2H3,(H,21,23)(H,22,24). The van der Waals surface area contributed by atoms with Crippen LogP contribution in [0.15, 0.2) is 53.2 Å². The minimum absolute atomic E-state index is 0.276. The fourth-order valence-corrected chi connectivity index (χ4v) is 3.21. The molecule has 1 aliphatic heterocycles. The second-order valence-corrected chi connectivity index (χ2v) is 6.56. The normalized spacial score (nSPS) is 15.9. The number of rotatable bonds is 7. The number of benzene rings is 1. The van der Waals surface area contributed by atoms with Crippen LogP contribution >= 0.6 is 0 Å². The second-order valence-electron chi connectivity index (χ2n) is 6.56. The Bertz CT molecular complexity index is 820. The van der Waals surface area contributed by atoms with E-state index < -0.39 is 0 Å². The number of aliphatic hydroxyl groups excluding tert-OH is 1. The van der Waals surface area contributed by atoms with Gasteiger partial charge in [-0.15, -0.1) is 0 Å². The zero-order chi connectivity index (χ0) is 18.4. The van der Waals surface area contributed by atoms with Crippen molar-refractivity contribution < 1.29 is 5.11 Å². The predicted octanol–water partition coefficient (Wildman–Crippen LogP) is 2.96. The molecule has 6 heteroatoms. The number of hydrogen-bond acceptors (Lipinski definition) is 4. The Hall–Kier alpha value is -2.44. The molecule has 2 aromatic rings. The molecule has 0 bridgehead atoms. The lowest BCUT2D eigenvalue weighted by Gasteiger charge is -2.27. The molecule has 0 spiro atoms. The molecule has 0 amide bonds. The molecule has 1 aliphatic rings. The quantitative estimate of drug-likeness (QED) is 0.406. The summed E-state index contributed by atoms with van der Waals surface area (Å²) < 4.78 is 0. The van der Waals surface area contributed by atoms with E-state index >= 15 is 0 Å². The van der Waals surface area contributed by atoms with E-state index in [1.807, 2.05) is 18.3 Å². The van der Waals surface area contributed by atoms with Crippen molar-refractivity contribution in [1.29, 1.82) is 0 Å². The first-order chi connectivity index (χ1) is 12.7. The van der Waals surface area contributed by atoms with Crippen LogP contribution in [0.3, 0.4) is 0 Å². The maximum absolute atomic E-state index is 8.90. The molecule has 0 fully saturated rings. The molecular formula is C20H27N5O. The Morgan fingerprint density at radius 1 is 1.42 bits per heavy atom. The summed E-state index contributed by atoms with van der Waals surface area (Å²) >= 11 is 0. The van der Waals surface area contributed by atoms with Crippen molar-refractivity contribution in [1.82, 2.24) is 15.1 Å². The summed E-state index contributed by atoms with van der Waals surface area (Å²) in [5.74, 6) is 0.799. The van der Waals surface area contributed by atoms with Gasteiger partial charge in [-0.05, 0) is 49.6 Å². The maximum Gasteiger partial charge on any atom is 0.132 e. The number of nitrogens with one attached hydrogen (secondary N) is 2. The summed E-state index contributed by atoms with van der Waals surface area (Å²) in [5, 5.41) is 20.4. The van der Waals surface area contributed by atoms with Crippen molar-refractivity contribution in [2.24, 2.45) is 4.99 Å². The zero-order valence-electron chi connectivity index (χ0n) is 15.3. The van der Waals surface area contributed by atoms with E-state index in [2.05, 4.69) is 44.1 Å². The molecule has 0 aliphatic carbocycles. The molecule has 1 aromatic heterocycles. The van der Waals surface area contributed by atoms with Gasteiger partial charge in [-0.1, -0.05) is 12.7 Å². The van der Waals surface area contributed by atoms with E-state index in [4.69, 9.17) is 5.11 Å². The predicted molar refractivity (Wildman–Crippen MR) is 108 cm³/mol. The van der Waals surface area contributed by atoms with Crippen molar-refractivity contribution in [2.45, 2.75) is 19.3 Å². The van der Waals surface area contributed by atoms with Gasteiger partial charge >= 0.3 is 0 Å². The number of aromatic nitrogens is 2. The number of aromatic amines is 1. The largest absolute Gasteiger partial charge is 0.396 e. The van der Waals surface area contributed by atoms with Gasteiger partial charge in [0.25, 0.3) is 0 Å². The van der Waals surface area contributed by atoms with Crippen molar-refractivity contribution in [3.05, 3.63) is 48.2 Å². The molecule has 0 unspecified atom stereocenters. The molecule has 138 valence electrons. The summed E-state index contributed by atoms with van der Waals surface area (Å²) in [6, 6.07) is 6.07. The molecule has 0 radical (unpaired) electrons. The van der Waals surface area contributed by atoms with Gasteiger partial charge < -0.3 is 10.4 Å². The maximum atomic E-state index is 8.90. The minimum Gasteiger partial charge on any atom is -0.396 e. The van der Waals surface area contributed by atoms with E-state index in [9.17, 15) is 0 Å². The Morgan fingerprint density at radius 2 is 2.31 bits per heavy atom. The molecule has 0 atom stereocenters. The lowest BCUT2D eigenvalue weighted by Crippen LogP contribution is -2.31. The van der Waals surface area contributed by atoms with Gasteiger partial charge in [-0.25, -0.2) is 0 Å². The highest BCUT2D eigenvalue weighted by Crippen LogP contribution is 2.22. The van der Waals surface area contributed by atoms with Crippen LogP contribution in [0.1, 0.15) is 19.3 Å². The molecule has 0 saturated heterocycles. The van der Waals surface area contributed by atoms with Crippen LogP contribution in [0.2, 0.25) is 0 Å². The number of fused-ring (bicyclic) bond motifs is 1. The Labute approximate surface area is 154 Å². The monoisotopic (exact) mass is 353 g/mol. The van der Waals surface area contributed by atoms with Crippen LogP contribution in [-0.4, -0.2) is 59.3 Å². The van der Waals surface area contributed by atoms with Crippen molar-refractivity contribution in [3.63, 3.8) is 0 Å². The van der Waals surface area contributed by atoms with E-state index in [1.165, 1.54) is 5.57 Å². The lowest BCUT2D eigenvalue weighted by atomic mass is 9.99. The van der Waals surface area contributed by atoms with Gasteiger partial charge in [0.2, 0.25) is 0 Å². The highest BCUT2D eigenvalue weighted by Gasteiger charge is 2.16. The first kappa shape index (κ1) is 18.4. The number of hydrogen-bond donors (Lipinski definition) is 3. The van der Waals surface area contributed by atoms with Crippen LogP contribution in [0, 0.1) is 0 Å². The van der Waals surface area contributed by atoms with Crippen LogP contribution < -0.4 is 5.32 Å². The van der Waals surface area contributed by atoms with E-state index in [-0.39, 0.29) is 6.61 Å². The smallest absolute Gasteiger partial charge is 0.132 e. The zero-order valence-corrected chi connectivity index (χ0v) is 15.3. The average molecular weight is 353 g/mol.